The standard InChI is InChI=1S/C23H28N2O4/c1-17-4-9-21(18(2)14-17)29-16-23(27)25-12-10-24(11-13-25)22(26)15-19-5-7-20(28-3)8-6-19/h4-9,14H,10-13,15-16H2,1-3H3. The van der Waals surface area contributed by atoms with E-state index < -0.39 is 0 Å². The van der Waals surface area contributed by atoms with Crippen LogP contribution < -0.4 is 9.47 Å². The Balaban J connectivity index is 1.45. The summed E-state index contributed by atoms with van der Waals surface area (Å²) >= 11 is 0. The van der Waals surface area contributed by atoms with Gasteiger partial charge in [-0.3, -0.25) is 9.59 Å². The van der Waals surface area contributed by atoms with E-state index in [-0.39, 0.29) is 18.4 Å². The highest BCUT2D eigenvalue weighted by Gasteiger charge is 2.24. The van der Waals surface area contributed by atoms with Gasteiger partial charge in [0.15, 0.2) is 6.61 Å². The molecule has 0 atom stereocenters. The molecule has 154 valence electrons. The number of rotatable bonds is 6. The van der Waals surface area contributed by atoms with Gasteiger partial charge in [0.05, 0.1) is 13.5 Å². The summed E-state index contributed by atoms with van der Waals surface area (Å²) in [6.45, 7) is 6.17. The normalized spacial score (nSPS) is 13.9. The molecule has 29 heavy (non-hydrogen) atoms. The molecule has 0 bridgehead atoms. The number of aryl methyl sites for hydroxylation is 2. The molecule has 0 aliphatic carbocycles. The molecule has 2 aromatic carbocycles. The van der Waals surface area contributed by atoms with E-state index in [9.17, 15) is 9.59 Å². The molecule has 1 aliphatic heterocycles. The van der Waals surface area contributed by atoms with Crippen molar-refractivity contribution in [1.29, 1.82) is 0 Å². The predicted molar refractivity (Wildman–Crippen MR) is 111 cm³/mol. The van der Waals surface area contributed by atoms with Crippen LogP contribution >= 0.6 is 0 Å². The van der Waals surface area contributed by atoms with E-state index in [1.54, 1.807) is 12.0 Å². The molecule has 1 saturated heterocycles. The average Bonchev–Trinajstić information content (AvgIpc) is 2.73. The van der Waals surface area contributed by atoms with Gasteiger partial charge in [-0.2, -0.15) is 0 Å². The third-order valence-corrected chi connectivity index (χ3v) is 5.18. The molecule has 6 heteroatoms. The van der Waals surface area contributed by atoms with Gasteiger partial charge in [0.25, 0.3) is 5.91 Å². The molecule has 6 nitrogen and oxygen atoms in total. The topological polar surface area (TPSA) is 59.1 Å². The first kappa shape index (κ1) is 20.7. The number of nitrogens with zero attached hydrogens (tertiary/aromatic N) is 2. The fourth-order valence-electron chi connectivity index (χ4n) is 3.43. The Morgan fingerprint density at radius 3 is 2.10 bits per heavy atom. The van der Waals surface area contributed by atoms with Crippen molar-refractivity contribution in [1.82, 2.24) is 9.80 Å². The number of hydrogen-bond donors (Lipinski definition) is 0. The molecule has 1 heterocycles. The van der Waals surface area contributed by atoms with Crippen molar-refractivity contribution in [3.63, 3.8) is 0 Å². The molecule has 0 radical (unpaired) electrons. The van der Waals surface area contributed by atoms with Gasteiger partial charge in [0.1, 0.15) is 11.5 Å². The zero-order chi connectivity index (χ0) is 20.8. The van der Waals surface area contributed by atoms with E-state index in [1.807, 2.05) is 61.2 Å². The molecule has 1 aliphatic rings. The monoisotopic (exact) mass is 396 g/mol. The van der Waals surface area contributed by atoms with Gasteiger partial charge in [-0.05, 0) is 43.2 Å². The Labute approximate surface area is 172 Å². The molecular weight excluding hydrogens is 368 g/mol. The summed E-state index contributed by atoms with van der Waals surface area (Å²) in [6.07, 6.45) is 0.355. The number of carbonyl (C=O) groups is 2. The highest BCUT2D eigenvalue weighted by molar-refractivity contribution is 5.80. The Bertz CT molecular complexity index is 856. The zero-order valence-electron chi connectivity index (χ0n) is 17.3. The van der Waals surface area contributed by atoms with Gasteiger partial charge >= 0.3 is 0 Å². The van der Waals surface area contributed by atoms with E-state index in [0.717, 1.165) is 28.2 Å². The Morgan fingerprint density at radius 2 is 1.52 bits per heavy atom. The molecule has 1 fully saturated rings. The molecule has 0 saturated carbocycles. The van der Waals surface area contributed by atoms with Crippen LogP contribution in [0.4, 0.5) is 0 Å². The van der Waals surface area contributed by atoms with Gasteiger partial charge in [0.2, 0.25) is 5.91 Å². The summed E-state index contributed by atoms with van der Waals surface area (Å²) in [5, 5.41) is 0. The van der Waals surface area contributed by atoms with Crippen LogP contribution in [0.5, 0.6) is 11.5 Å². The van der Waals surface area contributed by atoms with Gasteiger partial charge in [-0.25, -0.2) is 0 Å². The summed E-state index contributed by atoms with van der Waals surface area (Å²) < 4.78 is 10.8. The lowest BCUT2D eigenvalue weighted by Gasteiger charge is -2.34. The Kier molecular flexibility index (Phi) is 6.75. The van der Waals surface area contributed by atoms with Crippen LogP contribution in [-0.2, 0) is 16.0 Å². The van der Waals surface area contributed by atoms with Crippen molar-refractivity contribution >= 4 is 11.8 Å². The van der Waals surface area contributed by atoms with Crippen molar-refractivity contribution in [3.8, 4) is 11.5 Å². The van der Waals surface area contributed by atoms with Crippen LogP contribution in [0, 0.1) is 13.8 Å². The van der Waals surface area contributed by atoms with Crippen LogP contribution in [0.2, 0.25) is 0 Å². The lowest BCUT2D eigenvalue weighted by molar-refractivity contribution is -0.140. The molecule has 2 amide bonds. The highest BCUT2D eigenvalue weighted by Crippen LogP contribution is 2.19. The van der Waals surface area contributed by atoms with Crippen molar-refractivity contribution in [2.45, 2.75) is 20.3 Å². The highest BCUT2D eigenvalue weighted by atomic mass is 16.5. The van der Waals surface area contributed by atoms with Crippen molar-refractivity contribution in [3.05, 3.63) is 59.2 Å². The van der Waals surface area contributed by atoms with Crippen LogP contribution in [0.1, 0.15) is 16.7 Å². The summed E-state index contributed by atoms with van der Waals surface area (Å²) in [6, 6.07) is 13.4. The smallest absolute Gasteiger partial charge is 0.260 e. The second kappa shape index (κ2) is 9.45. The minimum absolute atomic E-state index is 0.0176. The van der Waals surface area contributed by atoms with E-state index in [4.69, 9.17) is 9.47 Å². The lowest BCUT2D eigenvalue weighted by Crippen LogP contribution is -2.52. The summed E-state index contributed by atoms with van der Waals surface area (Å²) in [4.78, 5) is 28.6. The number of carbonyl (C=O) groups excluding carboxylic acids is 2. The maximum absolute atomic E-state index is 12.5. The first-order valence-corrected chi connectivity index (χ1v) is 9.85. The van der Waals surface area contributed by atoms with Crippen LogP contribution in [0.3, 0.4) is 0 Å². The number of hydrogen-bond acceptors (Lipinski definition) is 4. The van der Waals surface area contributed by atoms with E-state index in [0.29, 0.717) is 32.6 Å². The third kappa shape index (κ3) is 5.50. The van der Waals surface area contributed by atoms with Crippen molar-refractivity contribution in [2.24, 2.45) is 0 Å². The minimum Gasteiger partial charge on any atom is -0.497 e. The maximum atomic E-state index is 12.5. The van der Waals surface area contributed by atoms with E-state index in [2.05, 4.69) is 0 Å². The van der Waals surface area contributed by atoms with Gasteiger partial charge in [-0.1, -0.05) is 29.8 Å². The number of methoxy groups -OCH3 is 1. The SMILES string of the molecule is COc1ccc(CC(=O)N2CCN(C(=O)COc3ccc(C)cc3C)CC2)cc1. The Hall–Kier alpha value is -3.02. The second-order valence-electron chi connectivity index (χ2n) is 7.34. The summed E-state index contributed by atoms with van der Waals surface area (Å²) in [5.74, 6) is 1.54. The van der Waals surface area contributed by atoms with Crippen molar-refractivity contribution in [2.75, 3.05) is 39.9 Å². The molecule has 0 unspecified atom stereocenters. The average molecular weight is 396 g/mol. The quantitative estimate of drug-likeness (QED) is 0.753. The van der Waals surface area contributed by atoms with Gasteiger partial charge in [0, 0.05) is 26.2 Å². The number of ether oxygens (including phenoxy) is 2. The summed E-state index contributed by atoms with van der Waals surface area (Å²) in [5.41, 5.74) is 3.14. The van der Waals surface area contributed by atoms with Gasteiger partial charge in [-0.15, -0.1) is 0 Å². The van der Waals surface area contributed by atoms with E-state index >= 15 is 0 Å². The van der Waals surface area contributed by atoms with Crippen LogP contribution in [-0.4, -0.2) is 61.5 Å². The maximum Gasteiger partial charge on any atom is 0.260 e. The lowest BCUT2D eigenvalue weighted by atomic mass is 10.1. The van der Waals surface area contributed by atoms with Gasteiger partial charge < -0.3 is 19.3 Å². The first-order chi connectivity index (χ1) is 14.0. The predicted octanol–water partition coefficient (Wildman–Crippen LogP) is 2.60. The minimum atomic E-state index is -0.0489. The second-order valence-corrected chi connectivity index (χ2v) is 7.34. The summed E-state index contributed by atoms with van der Waals surface area (Å²) in [7, 11) is 1.62. The molecule has 0 spiro atoms. The number of benzene rings is 2. The number of amides is 2. The molecular formula is C23H28N2O4. The molecule has 3 rings (SSSR count). The molecule has 0 aromatic heterocycles. The van der Waals surface area contributed by atoms with Crippen LogP contribution in [0.15, 0.2) is 42.5 Å². The fraction of sp³-hybridized carbons (Fsp3) is 0.391. The molecule has 0 N–H and O–H groups in total. The fourth-order valence-corrected chi connectivity index (χ4v) is 3.43. The number of piperazine rings is 1. The largest absolute Gasteiger partial charge is 0.497 e. The first-order valence-electron chi connectivity index (χ1n) is 9.85. The third-order valence-electron chi connectivity index (χ3n) is 5.18. The van der Waals surface area contributed by atoms with Crippen molar-refractivity contribution < 1.29 is 19.1 Å². The van der Waals surface area contributed by atoms with E-state index in [1.165, 1.54) is 0 Å². The molecule has 2 aromatic rings. The Morgan fingerprint density at radius 1 is 0.897 bits per heavy atom. The zero-order valence-corrected chi connectivity index (χ0v) is 17.3. The van der Waals surface area contributed by atoms with Crippen LogP contribution in [0.25, 0.3) is 0 Å².